The molecule has 0 unspecified atom stereocenters. The Bertz CT molecular complexity index is 961. The SMILES string of the molecule is Cc1ccc2cc(CBr)ccc2n1.Cc1ccc2cc(CO)ccc2n1. The highest BCUT2D eigenvalue weighted by atomic mass is 79.9. The Morgan fingerprint density at radius 1 is 0.731 bits per heavy atom. The monoisotopic (exact) mass is 408 g/mol. The van der Waals surface area contributed by atoms with E-state index >= 15 is 0 Å². The number of aliphatic hydroxyl groups excluding tert-OH is 1. The van der Waals surface area contributed by atoms with Crippen molar-refractivity contribution in [2.24, 2.45) is 0 Å². The Morgan fingerprint density at radius 2 is 1.23 bits per heavy atom. The number of pyridine rings is 2. The lowest BCUT2D eigenvalue weighted by molar-refractivity contribution is 0.282. The number of rotatable bonds is 2. The number of hydrogen-bond acceptors (Lipinski definition) is 3. The van der Waals surface area contributed by atoms with Gasteiger partial charge in [-0.2, -0.15) is 0 Å². The maximum Gasteiger partial charge on any atom is 0.0705 e. The van der Waals surface area contributed by atoms with E-state index in [1.807, 2.05) is 50.2 Å². The predicted octanol–water partition coefficient (Wildman–Crippen LogP) is 5.47. The van der Waals surface area contributed by atoms with Crippen molar-refractivity contribution in [2.75, 3.05) is 0 Å². The fourth-order valence-corrected chi connectivity index (χ4v) is 3.08. The van der Waals surface area contributed by atoms with Gasteiger partial charge in [-0.1, -0.05) is 40.2 Å². The number of benzene rings is 2. The van der Waals surface area contributed by atoms with E-state index in [9.17, 15) is 0 Å². The summed E-state index contributed by atoms with van der Waals surface area (Å²) in [5, 5.41) is 12.1. The lowest BCUT2D eigenvalue weighted by atomic mass is 10.1. The second-order valence-electron chi connectivity index (χ2n) is 6.25. The van der Waals surface area contributed by atoms with Gasteiger partial charge < -0.3 is 5.11 Å². The normalized spacial score (nSPS) is 10.6. The number of aromatic nitrogens is 2. The van der Waals surface area contributed by atoms with Gasteiger partial charge in [0.2, 0.25) is 0 Å². The third-order valence-corrected chi connectivity index (χ3v) is 4.77. The third kappa shape index (κ3) is 4.45. The van der Waals surface area contributed by atoms with Crippen LogP contribution in [0.2, 0.25) is 0 Å². The van der Waals surface area contributed by atoms with Gasteiger partial charge in [-0.15, -0.1) is 0 Å². The van der Waals surface area contributed by atoms with Crippen LogP contribution in [-0.2, 0) is 11.9 Å². The van der Waals surface area contributed by atoms with Crippen molar-refractivity contribution in [1.29, 1.82) is 0 Å². The zero-order chi connectivity index (χ0) is 18.5. The van der Waals surface area contributed by atoms with E-state index in [1.54, 1.807) is 0 Å². The van der Waals surface area contributed by atoms with Crippen molar-refractivity contribution >= 4 is 37.7 Å². The van der Waals surface area contributed by atoms with Crippen molar-refractivity contribution in [3.63, 3.8) is 0 Å². The molecule has 0 atom stereocenters. The van der Waals surface area contributed by atoms with Crippen LogP contribution in [0.15, 0.2) is 60.7 Å². The number of aryl methyl sites for hydroxylation is 2. The molecule has 0 fully saturated rings. The molecule has 0 amide bonds. The second-order valence-corrected chi connectivity index (χ2v) is 6.81. The summed E-state index contributed by atoms with van der Waals surface area (Å²) in [4.78, 5) is 8.81. The molecule has 2 heterocycles. The molecular formula is C22H21BrN2O. The van der Waals surface area contributed by atoms with E-state index in [0.717, 1.165) is 38.7 Å². The lowest BCUT2D eigenvalue weighted by Crippen LogP contribution is -1.86. The fourth-order valence-electron chi connectivity index (χ4n) is 2.74. The van der Waals surface area contributed by atoms with Gasteiger partial charge in [0.05, 0.1) is 17.6 Å². The van der Waals surface area contributed by atoms with Gasteiger partial charge >= 0.3 is 0 Å². The molecule has 0 aliphatic rings. The zero-order valence-corrected chi connectivity index (χ0v) is 16.5. The quantitative estimate of drug-likeness (QED) is 0.447. The smallest absolute Gasteiger partial charge is 0.0705 e. The van der Waals surface area contributed by atoms with Crippen LogP contribution >= 0.6 is 15.9 Å². The number of hydrogen-bond donors (Lipinski definition) is 1. The number of nitrogens with zero attached hydrogens (tertiary/aromatic N) is 2. The van der Waals surface area contributed by atoms with Gasteiger partial charge in [0.15, 0.2) is 0 Å². The number of fused-ring (bicyclic) bond motifs is 2. The topological polar surface area (TPSA) is 46.0 Å². The molecule has 3 nitrogen and oxygen atoms in total. The number of alkyl halides is 1. The first kappa shape index (κ1) is 18.5. The molecule has 132 valence electrons. The van der Waals surface area contributed by atoms with E-state index < -0.39 is 0 Å². The van der Waals surface area contributed by atoms with Crippen LogP contribution in [0, 0.1) is 13.8 Å². The van der Waals surface area contributed by atoms with Crippen molar-refractivity contribution in [3.05, 3.63) is 83.2 Å². The molecule has 0 saturated carbocycles. The van der Waals surface area contributed by atoms with Crippen molar-refractivity contribution < 1.29 is 5.11 Å². The first-order valence-electron chi connectivity index (χ1n) is 8.48. The second kappa shape index (κ2) is 8.39. The van der Waals surface area contributed by atoms with Crippen LogP contribution in [0.1, 0.15) is 22.5 Å². The highest BCUT2D eigenvalue weighted by molar-refractivity contribution is 9.08. The van der Waals surface area contributed by atoms with Crippen LogP contribution in [0.5, 0.6) is 0 Å². The summed E-state index contributed by atoms with van der Waals surface area (Å²) in [6, 6.07) is 20.3. The molecule has 0 aliphatic heterocycles. The van der Waals surface area contributed by atoms with Gasteiger partial charge in [0.1, 0.15) is 0 Å². The standard InChI is InChI=1S/C11H10BrN.C11H11NO/c1-8-2-4-10-6-9(7-12)3-5-11(10)13-8;1-8-2-4-10-6-9(7-13)3-5-11(10)12-8/h2-6H,7H2,1H3;2-6,13H,7H2,1H3. The summed E-state index contributed by atoms with van der Waals surface area (Å²) in [5.74, 6) is 0. The molecule has 0 spiro atoms. The van der Waals surface area contributed by atoms with Gasteiger partial charge in [0, 0.05) is 27.5 Å². The Hall–Kier alpha value is -2.30. The van der Waals surface area contributed by atoms with Crippen molar-refractivity contribution in [1.82, 2.24) is 9.97 Å². The highest BCUT2D eigenvalue weighted by Gasteiger charge is 1.97. The number of aliphatic hydroxyl groups is 1. The summed E-state index contributed by atoms with van der Waals surface area (Å²) in [7, 11) is 0. The average molecular weight is 409 g/mol. The summed E-state index contributed by atoms with van der Waals surface area (Å²) < 4.78 is 0. The molecule has 1 N–H and O–H groups in total. The van der Waals surface area contributed by atoms with E-state index in [0.29, 0.717) is 0 Å². The van der Waals surface area contributed by atoms with Gasteiger partial charge in [0.25, 0.3) is 0 Å². The van der Waals surface area contributed by atoms with Crippen molar-refractivity contribution in [3.8, 4) is 0 Å². The molecule has 4 rings (SSSR count). The largest absolute Gasteiger partial charge is 0.392 e. The molecule has 0 bridgehead atoms. The fraction of sp³-hybridized carbons (Fsp3) is 0.182. The maximum atomic E-state index is 8.93. The van der Waals surface area contributed by atoms with E-state index in [4.69, 9.17) is 5.11 Å². The molecule has 0 aliphatic carbocycles. The van der Waals surface area contributed by atoms with E-state index in [-0.39, 0.29) is 6.61 Å². The Kier molecular flexibility index (Phi) is 5.96. The minimum absolute atomic E-state index is 0.0871. The Labute approximate surface area is 161 Å². The summed E-state index contributed by atoms with van der Waals surface area (Å²) in [6.45, 7) is 4.07. The van der Waals surface area contributed by atoms with Crippen LogP contribution in [0.3, 0.4) is 0 Å². The lowest BCUT2D eigenvalue weighted by Gasteiger charge is -2.00. The maximum absolute atomic E-state index is 8.93. The van der Waals surface area contributed by atoms with Crippen molar-refractivity contribution in [2.45, 2.75) is 25.8 Å². The third-order valence-electron chi connectivity index (χ3n) is 4.12. The minimum atomic E-state index is 0.0871. The summed E-state index contributed by atoms with van der Waals surface area (Å²) in [6.07, 6.45) is 0. The minimum Gasteiger partial charge on any atom is -0.392 e. The molecule has 26 heavy (non-hydrogen) atoms. The van der Waals surface area contributed by atoms with Crippen LogP contribution in [0.4, 0.5) is 0 Å². The molecule has 0 radical (unpaired) electrons. The summed E-state index contributed by atoms with van der Waals surface area (Å²) >= 11 is 3.44. The van der Waals surface area contributed by atoms with E-state index in [2.05, 4.69) is 50.2 Å². The van der Waals surface area contributed by atoms with Crippen LogP contribution in [-0.4, -0.2) is 15.1 Å². The highest BCUT2D eigenvalue weighted by Crippen LogP contribution is 2.16. The molecule has 0 saturated heterocycles. The van der Waals surface area contributed by atoms with E-state index in [1.165, 1.54) is 10.9 Å². The summed E-state index contributed by atoms with van der Waals surface area (Å²) in [5.41, 5.74) is 6.36. The molecular weight excluding hydrogens is 388 g/mol. The molecule has 4 heteroatoms. The molecule has 4 aromatic rings. The Morgan fingerprint density at radius 3 is 1.73 bits per heavy atom. The first-order valence-corrected chi connectivity index (χ1v) is 9.60. The number of halogens is 1. The first-order chi connectivity index (χ1) is 12.6. The molecule has 2 aromatic carbocycles. The van der Waals surface area contributed by atoms with Crippen LogP contribution < -0.4 is 0 Å². The zero-order valence-electron chi connectivity index (χ0n) is 14.9. The van der Waals surface area contributed by atoms with Gasteiger partial charge in [-0.25, -0.2) is 0 Å². The Balaban J connectivity index is 0.000000151. The average Bonchev–Trinajstić information content (AvgIpc) is 2.67. The predicted molar refractivity (Wildman–Crippen MR) is 112 cm³/mol. The van der Waals surface area contributed by atoms with Crippen LogP contribution in [0.25, 0.3) is 21.8 Å². The van der Waals surface area contributed by atoms with Gasteiger partial charge in [-0.05, 0) is 61.4 Å². The molecule has 2 aromatic heterocycles. The van der Waals surface area contributed by atoms with Gasteiger partial charge in [-0.3, -0.25) is 9.97 Å².